The Morgan fingerprint density at radius 3 is 2.33 bits per heavy atom. The highest BCUT2D eigenvalue weighted by Gasteiger charge is 2.49. The molecular formula is C14H25NO6. The minimum absolute atomic E-state index is 0.126. The number of carboxylic acids is 1. The molecule has 1 saturated heterocycles. The van der Waals surface area contributed by atoms with Crippen LogP contribution in [0.3, 0.4) is 0 Å². The molecule has 0 aromatic rings. The molecule has 7 heteroatoms. The molecule has 1 aliphatic rings. The Bertz CT molecular complexity index is 370. The lowest BCUT2D eigenvalue weighted by molar-refractivity contribution is -0.167. The standard InChI is InChI=1S/C14H25NO6/c1-13(2,3)21-12(18)15-9-14(10-15,8-11(16)17)20-7-5-6-19-4/h5-10H2,1-4H3,(H,16,17). The molecule has 7 nitrogen and oxygen atoms in total. The first kappa shape index (κ1) is 17.7. The van der Waals surface area contributed by atoms with Crippen LogP contribution in [0.5, 0.6) is 0 Å². The van der Waals surface area contributed by atoms with Crippen LogP contribution in [-0.4, -0.2) is 66.7 Å². The molecule has 21 heavy (non-hydrogen) atoms. The summed E-state index contributed by atoms with van der Waals surface area (Å²) in [4.78, 5) is 24.3. The van der Waals surface area contributed by atoms with Crippen molar-refractivity contribution in [3.8, 4) is 0 Å². The molecule has 1 N–H and O–H groups in total. The molecule has 0 aromatic carbocycles. The highest BCUT2D eigenvalue weighted by molar-refractivity contribution is 5.72. The van der Waals surface area contributed by atoms with Gasteiger partial charge in [-0.25, -0.2) is 4.79 Å². The van der Waals surface area contributed by atoms with Gasteiger partial charge in [-0.1, -0.05) is 0 Å². The van der Waals surface area contributed by atoms with Gasteiger partial charge in [-0.15, -0.1) is 0 Å². The normalized spacial score (nSPS) is 17.2. The number of amides is 1. The SMILES string of the molecule is COCCCOC1(CC(=O)O)CN(C(=O)OC(C)(C)C)C1. The van der Waals surface area contributed by atoms with E-state index in [4.69, 9.17) is 19.3 Å². The second kappa shape index (κ2) is 7.09. The van der Waals surface area contributed by atoms with Gasteiger partial charge in [-0.2, -0.15) is 0 Å². The van der Waals surface area contributed by atoms with Crippen molar-refractivity contribution in [2.24, 2.45) is 0 Å². The number of hydrogen-bond acceptors (Lipinski definition) is 5. The number of carboxylic acid groups (broad SMARTS) is 1. The van der Waals surface area contributed by atoms with Gasteiger partial charge in [0.1, 0.15) is 11.2 Å². The summed E-state index contributed by atoms with van der Waals surface area (Å²) in [5.74, 6) is -0.939. The molecule has 1 heterocycles. The number of likely N-dealkylation sites (tertiary alicyclic amines) is 1. The Labute approximate surface area is 125 Å². The van der Waals surface area contributed by atoms with Gasteiger partial charge in [0.25, 0.3) is 0 Å². The predicted octanol–water partition coefficient (Wildman–Crippen LogP) is 1.50. The first-order valence-corrected chi connectivity index (χ1v) is 7.00. The average molecular weight is 303 g/mol. The fraction of sp³-hybridized carbons (Fsp3) is 0.857. The summed E-state index contributed by atoms with van der Waals surface area (Å²) < 4.78 is 15.8. The van der Waals surface area contributed by atoms with E-state index < -0.39 is 23.3 Å². The molecule has 0 saturated carbocycles. The molecule has 1 aliphatic heterocycles. The zero-order valence-corrected chi connectivity index (χ0v) is 13.2. The maximum Gasteiger partial charge on any atom is 0.410 e. The minimum atomic E-state index is -0.939. The van der Waals surface area contributed by atoms with Crippen LogP contribution in [0.25, 0.3) is 0 Å². The number of rotatable bonds is 7. The zero-order valence-electron chi connectivity index (χ0n) is 13.2. The summed E-state index contributed by atoms with van der Waals surface area (Å²) in [6.07, 6.45) is 0.118. The van der Waals surface area contributed by atoms with Gasteiger partial charge < -0.3 is 24.2 Å². The van der Waals surface area contributed by atoms with Crippen LogP contribution in [0, 0.1) is 0 Å². The van der Waals surface area contributed by atoms with Gasteiger partial charge in [0.2, 0.25) is 0 Å². The summed E-state index contributed by atoms with van der Waals surface area (Å²) in [6.45, 7) is 6.80. The molecule has 0 bridgehead atoms. The van der Waals surface area contributed by atoms with Crippen LogP contribution in [0.4, 0.5) is 4.79 Å². The Kier molecular flexibility index (Phi) is 5.98. The molecule has 0 aliphatic carbocycles. The number of carbonyl (C=O) groups excluding carboxylic acids is 1. The lowest BCUT2D eigenvalue weighted by Crippen LogP contribution is -2.66. The van der Waals surface area contributed by atoms with E-state index in [1.54, 1.807) is 27.9 Å². The molecule has 1 fully saturated rings. The maximum absolute atomic E-state index is 11.9. The van der Waals surface area contributed by atoms with E-state index in [1.165, 1.54) is 4.90 Å². The largest absolute Gasteiger partial charge is 0.481 e. The third-order valence-electron chi connectivity index (χ3n) is 2.98. The number of methoxy groups -OCH3 is 1. The first-order chi connectivity index (χ1) is 9.67. The van der Waals surface area contributed by atoms with E-state index in [-0.39, 0.29) is 19.5 Å². The lowest BCUT2D eigenvalue weighted by atomic mass is 9.90. The van der Waals surface area contributed by atoms with Crippen LogP contribution in [0.1, 0.15) is 33.6 Å². The third-order valence-corrected chi connectivity index (χ3v) is 2.98. The fourth-order valence-electron chi connectivity index (χ4n) is 2.13. The Balaban J connectivity index is 2.49. The highest BCUT2D eigenvalue weighted by atomic mass is 16.6. The van der Waals surface area contributed by atoms with Crippen molar-refractivity contribution in [2.75, 3.05) is 33.4 Å². The van der Waals surface area contributed by atoms with E-state index in [2.05, 4.69) is 0 Å². The zero-order chi connectivity index (χ0) is 16.1. The smallest absolute Gasteiger partial charge is 0.410 e. The van der Waals surface area contributed by atoms with Crippen LogP contribution in [0.2, 0.25) is 0 Å². The number of ether oxygens (including phenoxy) is 3. The van der Waals surface area contributed by atoms with E-state index in [0.717, 1.165) is 0 Å². The summed E-state index contributed by atoms with van der Waals surface area (Å²) >= 11 is 0. The fourth-order valence-corrected chi connectivity index (χ4v) is 2.13. The summed E-state index contributed by atoms with van der Waals surface area (Å²) in [7, 11) is 1.60. The highest BCUT2D eigenvalue weighted by Crippen LogP contribution is 2.30. The van der Waals surface area contributed by atoms with Gasteiger partial charge in [-0.05, 0) is 27.2 Å². The molecule has 0 aromatic heterocycles. The van der Waals surface area contributed by atoms with Crippen LogP contribution in [-0.2, 0) is 19.0 Å². The maximum atomic E-state index is 11.9. The molecule has 1 rings (SSSR count). The first-order valence-electron chi connectivity index (χ1n) is 7.00. The van der Waals surface area contributed by atoms with Crippen molar-refractivity contribution in [1.29, 1.82) is 0 Å². The van der Waals surface area contributed by atoms with Crippen molar-refractivity contribution in [3.63, 3.8) is 0 Å². The number of carbonyl (C=O) groups is 2. The van der Waals surface area contributed by atoms with Crippen molar-refractivity contribution in [1.82, 2.24) is 4.90 Å². The predicted molar refractivity (Wildman–Crippen MR) is 75.2 cm³/mol. The monoisotopic (exact) mass is 303 g/mol. The van der Waals surface area contributed by atoms with Crippen molar-refractivity contribution >= 4 is 12.1 Å². The van der Waals surface area contributed by atoms with Gasteiger partial charge in [-0.3, -0.25) is 4.79 Å². The number of aliphatic carboxylic acids is 1. The molecule has 1 amide bonds. The summed E-state index contributed by atoms with van der Waals surface area (Å²) in [6, 6.07) is 0. The average Bonchev–Trinajstić information content (AvgIpc) is 2.27. The van der Waals surface area contributed by atoms with E-state index >= 15 is 0 Å². The van der Waals surface area contributed by atoms with Crippen molar-refractivity contribution < 1.29 is 28.9 Å². The molecule has 0 atom stereocenters. The minimum Gasteiger partial charge on any atom is -0.481 e. The van der Waals surface area contributed by atoms with Crippen LogP contribution in [0.15, 0.2) is 0 Å². The number of hydrogen-bond donors (Lipinski definition) is 1. The van der Waals surface area contributed by atoms with Gasteiger partial charge in [0, 0.05) is 20.3 Å². The quantitative estimate of drug-likeness (QED) is 0.717. The Morgan fingerprint density at radius 1 is 1.24 bits per heavy atom. The van der Waals surface area contributed by atoms with Gasteiger partial charge in [0.05, 0.1) is 19.5 Å². The molecule has 0 unspecified atom stereocenters. The topological polar surface area (TPSA) is 85.3 Å². The van der Waals surface area contributed by atoms with Crippen LogP contribution >= 0.6 is 0 Å². The third kappa shape index (κ3) is 5.89. The van der Waals surface area contributed by atoms with E-state index in [1.807, 2.05) is 0 Å². The number of nitrogens with zero attached hydrogens (tertiary/aromatic N) is 1. The van der Waals surface area contributed by atoms with Gasteiger partial charge >= 0.3 is 12.1 Å². The molecule has 0 radical (unpaired) electrons. The Hall–Kier alpha value is -1.34. The summed E-state index contributed by atoms with van der Waals surface area (Å²) in [5.41, 5.74) is -1.38. The molecular weight excluding hydrogens is 278 g/mol. The van der Waals surface area contributed by atoms with E-state index in [9.17, 15) is 9.59 Å². The molecule has 0 spiro atoms. The lowest BCUT2D eigenvalue weighted by Gasteiger charge is -2.48. The summed E-state index contributed by atoms with van der Waals surface area (Å²) in [5, 5.41) is 8.99. The van der Waals surface area contributed by atoms with Crippen molar-refractivity contribution in [2.45, 2.75) is 44.8 Å². The molecule has 122 valence electrons. The Morgan fingerprint density at radius 2 is 1.86 bits per heavy atom. The van der Waals surface area contributed by atoms with E-state index in [0.29, 0.717) is 19.6 Å². The van der Waals surface area contributed by atoms with Crippen LogP contribution < -0.4 is 0 Å². The second-order valence-electron chi connectivity index (χ2n) is 6.28. The second-order valence-corrected chi connectivity index (χ2v) is 6.28. The van der Waals surface area contributed by atoms with Gasteiger partial charge in [0.15, 0.2) is 0 Å². The van der Waals surface area contributed by atoms with Crippen molar-refractivity contribution in [3.05, 3.63) is 0 Å².